The van der Waals surface area contributed by atoms with E-state index >= 15 is 0 Å². The standard InChI is InChI=1S/C11H17NO5/c1-9(14)17-10(5-4-8-13)11(12(15)16)6-2-3-7-11/h8,10H,2-7H2,1H3. The van der Waals surface area contributed by atoms with Gasteiger partial charge in [0.05, 0.1) is 0 Å². The lowest BCUT2D eigenvalue weighted by Crippen LogP contribution is -2.49. The maximum absolute atomic E-state index is 11.2. The number of rotatable bonds is 6. The fourth-order valence-corrected chi connectivity index (χ4v) is 2.47. The second kappa shape index (κ2) is 5.75. The Morgan fingerprint density at radius 3 is 2.53 bits per heavy atom. The predicted molar refractivity (Wildman–Crippen MR) is 59.0 cm³/mol. The van der Waals surface area contributed by atoms with E-state index in [0.29, 0.717) is 19.1 Å². The Kier molecular flexibility index (Phi) is 4.60. The normalized spacial score (nSPS) is 19.6. The van der Waals surface area contributed by atoms with Crippen molar-refractivity contribution in [2.75, 3.05) is 0 Å². The van der Waals surface area contributed by atoms with Crippen LogP contribution in [0.1, 0.15) is 45.4 Å². The van der Waals surface area contributed by atoms with E-state index in [1.54, 1.807) is 0 Å². The second-order valence-electron chi connectivity index (χ2n) is 4.41. The largest absolute Gasteiger partial charge is 0.455 e. The van der Waals surface area contributed by atoms with Gasteiger partial charge in [0, 0.05) is 31.1 Å². The summed E-state index contributed by atoms with van der Waals surface area (Å²) in [5.41, 5.74) is -1.19. The number of nitro groups is 1. The Labute approximate surface area is 99.5 Å². The Balaban J connectivity index is 2.87. The average Bonchev–Trinajstić information content (AvgIpc) is 2.73. The molecule has 96 valence electrons. The third kappa shape index (κ3) is 3.01. The van der Waals surface area contributed by atoms with Crippen LogP contribution in [0, 0.1) is 10.1 Å². The highest BCUT2D eigenvalue weighted by atomic mass is 16.6. The van der Waals surface area contributed by atoms with Gasteiger partial charge < -0.3 is 9.53 Å². The molecule has 0 aromatic heterocycles. The zero-order valence-corrected chi connectivity index (χ0v) is 9.89. The zero-order chi connectivity index (χ0) is 12.9. The van der Waals surface area contributed by atoms with Gasteiger partial charge in [0.25, 0.3) is 5.54 Å². The van der Waals surface area contributed by atoms with Crippen molar-refractivity contribution in [2.45, 2.75) is 57.1 Å². The molecule has 1 unspecified atom stereocenters. The molecule has 0 aromatic rings. The van der Waals surface area contributed by atoms with Crippen LogP contribution in [-0.2, 0) is 14.3 Å². The van der Waals surface area contributed by atoms with Gasteiger partial charge in [0.1, 0.15) is 6.29 Å². The molecule has 1 rings (SSSR count). The van der Waals surface area contributed by atoms with Crippen LogP contribution < -0.4 is 0 Å². The first-order chi connectivity index (χ1) is 8.03. The molecule has 1 aliphatic carbocycles. The van der Waals surface area contributed by atoms with E-state index in [0.717, 1.165) is 12.8 Å². The van der Waals surface area contributed by atoms with E-state index in [2.05, 4.69) is 0 Å². The molecule has 0 saturated heterocycles. The SMILES string of the molecule is CC(=O)OC(CCC=O)C1([N+](=O)[O-])CCCC1. The van der Waals surface area contributed by atoms with E-state index in [-0.39, 0.29) is 17.8 Å². The molecule has 0 aliphatic heterocycles. The van der Waals surface area contributed by atoms with Crippen LogP contribution in [0.25, 0.3) is 0 Å². The lowest BCUT2D eigenvalue weighted by Gasteiger charge is -2.28. The minimum Gasteiger partial charge on any atom is -0.455 e. The number of hydrogen-bond donors (Lipinski definition) is 0. The summed E-state index contributed by atoms with van der Waals surface area (Å²) in [6, 6.07) is 0. The number of aldehydes is 1. The second-order valence-corrected chi connectivity index (χ2v) is 4.41. The molecule has 1 aliphatic rings. The van der Waals surface area contributed by atoms with Crippen LogP contribution in [0.4, 0.5) is 0 Å². The van der Waals surface area contributed by atoms with E-state index < -0.39 is 17.6 Å². The molecule has 0 spiro atoms. The summed E-state index contributed by atoms with van der Waals surface area (Å²) in [6.45, 7) is 1.23. The number of ether oxygens (including phenoxy) is 1. The van der Waals surface area contributed by atoms with Gasteiger partial charge in [-0.15, -0.1) is 0 Å². The first kappa shape index (κ1) is 13.6. The lowest BCUT2D eigenvalue weighted by molar-refractivity contribution is -0.581. The van der Waals surface area contributed by atoms with E-state index in [1.165, 1.54) is 6.92 Å². The average molecular weight is 243 g/mol. The topological polar surface area (TPSA) is 86.5 Å². The number of carbonyl (C=O) groups is 2. The van der Waals surface area contributed by atoms with Gasteiger partial charge in [-0.2, -0.15) is 0 Å². The zero-order valence-electron chi connectivity index (χ0n) is 9.89. The fraction of sp³-hybridized carbons (Fsp3) is 0.818. The summed E-state index contributed by atoms with van der Waals surface area (Å²) in [5.74, 6) is -0.533. The Hall–Kier alpha value is -1.46. The molecule has 0 aromatic carbocycles. The number of nitrogens with zero attached hydrogens (tertiary/aromatic N) is 1. The molecule has 0 heterocycles. The number of carbonyl (C=O) groups excluding carboxylic acids is 2. The van der Waals surface area contributed by atoms with Crippen LogP contribution in [0.15, 0.2) is 0 Å². The summed E-state index contributed by atoms with van der Waals surface area (Å²) >= 11 is 0. The van der Waals surface area contributed by atoms with Crippen LogP contribution in [-0.4, -0.2) is 28.8 Å². The van der Waals surface area contributed by atoms with Crippen molar-refractivity contribution in [3.8, 4) is 0 Å². The minimum atomic E-state index is -1.19. The van der Waals surface area contributed by atoms with Gasteiger partial charge in [-0.25, -0.2) is 0 Å². The molecule has 0 radical (unpaired) electrons. The first-order valence-corrected chi connectivity index (χ1v) is 5.78. The van der Waals surface area contributed by atoms with Crippen LogP contribution in [0.5, 0.6) is 0 Å². The first-order valence-electron chi connectivity index (χ1n) is 5.78. The van der Waals surface area contributed by atoms with Gasteiger partial charge in [0.2, 0.25) is 0 Å². The summed E-state index contributed by atoms with van der Waals surface area (Å²) in [5, 5.41) is 11.2. The number of hydrogen-bond acceptors (Lipinski definition) is 5. The van der Waals surface area contributed by atoms with Crippen molar-refractivity contribution in [1.82, 2.24) is 0 Å². The highest BCUT2D eigenvalue weighted by Gasteiger charge is 2.53. The quantitative estimate of drug-likeness (QED) is 0.305. The molecule has 1 fully saturated rings. The van der Waals surface area contributed by atoms with Gasteiger partial charge in [0.15, 0.2) is 6.10 Å². The van der Waals surface area contributed by atoms with Gasteiger partial charge >= 0.3 is 5.97 Å². The Morgan fingerprint density at radius 1 is 1.53 bits per heavy atom. The molecular formula is C11H17NO5. The van der Waals surface area contributed by atoms with Gasteiger partial charge in [-0.3, -0.25) is 14.9 Å². The smallest absolute Gasteiger partial charge is 0.303 e. The molecule has 17 heavy (non-hydrogen) atoms. The fourth-order valence-electron chi connectivity index (χ4n) is 2.47. The minimum absolute atomic E-state index is 0.174. The third-order valence-electron chi connectivity index (χ3n) is 3.29. The molecule has 0 bridgehead atoms. The van der Waals surface area contributed by atoms with Crippen LogP contribution in [0.2, 0.25) is 0 Å². The van der Waals surface area contributed by atoms with E-state index in [1.807, 2.05) is 0 Å². The van der Waals surface area contributed by atoms with Crippen molar-refractivity contribution >= 4 is 12.3 Å². The lowest BCUT2D eigenvalue weighted by atomic mass is 9.88. The highest BCUT2D eigenvalue weighted by Crippen LogP contribution is 2.38. The molecule has 6 heteroatoms. The third-order valence-corrected chi connectivity index (χ3v) is 3.29. The molecule has 1 atom stereocenters. The summed E-state index contributed by atoms with van der Waals surface area (Å²) in [4.78, 5) is 32.3. The van der Waals surface area contributed by atoms with E-state index in [9.17, 15) is 19.7 Å². The maximum Gasteiger partial charge on any atom is 0.303 e. The summed E-state index contributed by atoms with van der Waals surface area (Å²) < 4.78 is 5.06. The van der Waals surface area contributed by atoms with E-state index in [4.69, 9.17) is 4.74 Å². The van der Waals surface area contributed by atoms with Crippen molar-refractivity contribution in [1.29, 1.82) is 0 Å². The summed E-state index contributed by atoms with van der Waals surface area (Å²) in [7, 11) is 0. The van der Waals surface area contributed by atoms with Gasteiger partial charge in [-0.05, 0) is 19.3 Å². The highest BCUT2D eigenvalue weighted by molar-refractivity contribution is 5.66. The molecule has 0 N–H and O–H groups in total. The predicted octanol–water partition coefficient (Wildman–Crippen LogP) is 1.49. The van der Waals surface area contributed by atoms with Crippen LogP contribution in [0.3, 0.4) is 0 Å². The maximum atomic E-state index is 11.2. The van der Waals surface area contributed by atoms with Crippen molar-refractivity contribution in [3.63, 3.8) is 0 Å². The molecule has 0 amide bonds. The summed E-state index contributed by atoms with van der Waals surface area (Å²) in [6.07, 6.45) is 2.66. The molecular weight excluding hydrogens is 226 g/mol. The van der Waals surface area contributed by atoms with Crippen molar-refractivity contribution < 1.29 is 19.2 Å². The molecule has 1 saturated carbocycles. The monoisotopic (exact) mass is 243 g/mol. The van der Waals surface area contributed by atoms with Crippen molar-refractivity contribution in [2.24, 2.45) is 0 Å². The Morgan fingerprint density at radius 2 is 2.12 bits per heavy atom. The number of esters is 1. The Bertz CT molecular complexity index is 309. The molecule has 6 nitrogen and oxygen atoms in total. The van der Waals surface area contributed by atoms with Crippen molar-refractivity contribution in [3.05, 3.63) is 10.1 Å². The van der Waals surface area contributed by atoms with Crippen LogP contribution >= 0.6 is 0 Å². The van der Waals surface area contributed by atoms with Gasteiger partial charge in [-0.1, -0.05) is 0 Å².